The van der Waals surface area contributed by atoms with Crippen molar-refractivity contribution in [2.45, 2.75) is 57.6 Å². The number of β-lactam (4-membered cyclic amide) rings is 1. The predicted molar refractivity (Wildman–Crippen MR) is 141 cm³/mol. The Balaban J connectivity index is 0.00000462. The third-order valence-corrected chi connectivity index (χ3v) is 8.74. The number of carboxylic acid groups (broad SMARTS) is 1. The summed E-state index contributed by atoms with van der Waals surface area (Å²) in [5, 5.41) is 27.7. The van der Waals surface area contributed by atoms with E-state index in [2.05, 4.69) is 10.6 Å². The molecule has 2 fully saturated rings. The molecule has 1 aromatic rings. The number of rotatable bonds is 10. The fraction of sp³-hybridized carbons (Fsp3) is 0.519. The maximum absolute atomic E-state index is 12.9. The molecule has 2 saturated heterocycles. The van der Waals surface area contributed by atoms with Gasteiger partial charge in [0.1, 0.15) is 0 Å². The number of carboxylic acids is 1. The summed E-state index contributed by atoms with van der Waals surface area (Å²) < 4.78 is 9.81. The van der Waals surface area contributed by atoms with Crippen LogP contribution in [0.5, 0.6) is 0 Å². The number of nitrogens with one attached hydrogen (secondary N) is 2. The van der Waals surface area contributed by atoms with Crippen molar-refractivity contribution >= 4 is 47.2 Å². The Hall–Kier alpha value is -2.42. The van der Waals surface area contributed by atoms with Crippen molar-refractivity contribution < 1.29 is 73.2 Å². The molecular weight excluding hydrogens is 565 g/mol. The Morgan fingerprint density at radius 2 is 1.93 bits per heavy atom. The van der Waals surface area contributed by atoms with Crippen LogP contribution in [-0.2, 0) is 28.7 Å². The van der Waals surface area contributed by atoms with Crippen molar-refractivity contribution in [3.05, 3.63) is 40.4 Å². The third-order valence-electron chi connectivity index (χ3n) is 7.23. The van der Waals surface area contributed by atoms with Gasteiger partial charge in [0.05, 0.1) is 47.3 Å². The van der Waals surface area contributed by atoms with Crippen molar-refractivity contribution in [2.24, 2.45) is 17.8 Å². The van der Waals surface area contributed by atoms with Crippen LogP contribution in [0.1, 0.15) is 44.5 Å². The number of aliphatic carboxylic acids is 1. The number of amides is 2. The molecule has 0 unspecified atom stereocenters. The van der Waals surface area contributed by atoms with E-state index in [1.807, 2.05) is 6.92 Å². The molecule has 3 N–H and O–H groups in total. The third kappa shape index (κ3) is 6.98. The van der Waals surface area contributed by atoms with Gasteiger partial charge in [-0.3, -0.25) is 14.4 Å². The van der Waals surface area contributed by atoms with E-state index in [1.54, 1.807) is 26.0 Å². The molecule has 4 rings (SSSR count). The van der Waals surface area contributed by atoms with Gasteiger partial charge in [-0.1, -0.05) is 26.8 Å². The molecule has 216 valence electrons. The van der Waals surface area contributed by atoms with E-state index >= 15 is 0 Å². The van der Waals surface area contributed by atoms with Gasteiger partial charge in [-0.2, -0.15) is 0 Å². The fourth-order valence-corrected chi connectivity index (χ4v) is 6.66. The molecule has 2 amide bonds. The largest absolute Gasteiger partial charge is 1.00 e. The number of ether oxygens (including phenoxy) is 2. The summed E-state index contributed by atoms with van der Waals surface area (Å²) in [6, 6.07) is 5.14. The molecule has 3 aliphatic heterocycles. The number of carbonyl (C=O) groups excluding carboxylic acids is 5. The molecule has 0 radical (unpaired) electrons. The molecule has 3 heterocycles. The minimum atomic E-state index is -1.44. The number of carbonyl (C=O) groups is 5. The Morgan fingerprint density at radius 3 is 2.56 bits per heavy atom. The molecule has 0 spiro atoms. The molecule has 0 saturated carbocycles. The Labute approximate surface area is 263 Å². The van der Waals surface area contributed by atoms with E-state index in [1.165, 1.54) is 35.7 Å². The molecule has 0 aromatic heterocycles. The van der Waals surface area contributed by atoms with Gasteiger partial charge < -0.3 is 40.0 Å². The van der Waals surface area contributed by atoms with Crippen LogP contribution in [0.3, 0.4) is 0 Å². The van der Waals surface area contributed by atoms with E-state index in [0.717, 1.165) is 0 Å². The maximum atomic E-state index is 12.9. The number of fused-ring (bicyclic) bond motifs is 1. The molecule has 3 aliphatic rings. The van der Waals surface area contributed by atoms with Gasteiger partial charge in [-0.15, -0.1) is 11.8 Å². The summed E-state index contributed by atoms with van der Waals surface area (Å²) in [4.78, 5) is 62.9. The van der Waals surface area contributed by atoms with E-state index in [4.69, 9.17) is 9.47 Å². The van der Waals surface area contributed by atoms with Crippen molar-refractivity contribution in [3.8, 4) is 0 Å². The van der Waals surface area contributed by atoms with E-state index in [9.17, 15) is 34.2 Å². The number of esters is 2. The van der Waals surface area contributed by atoms with Gasteiger partial charge in [0, 0.05) is 28.3 Å². The minimum Gasteiger partial charge on any atom is -0.543 e. The number of anilines is 1. The zero-order chi connectivity index (χ0) is 29.3. The Morgan fingerprint density at radius 1 is 1.22 bits per heavy atom. The molecule has 0 bridgehead atoms. The van der Waals surface area contributed by atoms with E-state index in [-0.39, 0.29) is 63.8 Å². The van der Waals surface area contributed by atoms with E-state index in [0.29, 0.717) is 23.6 Å². The average Bonchev–Trinajstić information content (AvgIpc) is 3.45. The predicted octanol–water partition coefficient (Wildman–Crippen LogP) is -2.77. The second-order valence-corrected chi connectivity index (χ2v) is 11.8. The smallest absolute Gasteiger partial charge is 0.543 e. The topological polar surface area (TPSA) is 174 Å². The van der Waals surface area contributed by atoms with Crippen LogP contribution in [0.4, 0.5) is 5.69 Å². The average molecular weight is 598 g/mol. The van der Waals surface area contributed by atoms with Crippen molar-refractivity contribution in [1.29, 1.82) is 0 Å². The first-order chi connectivity index (χ1) is 18.9. The summed E-state index contributed by atoms with van der Waals surface area (Å²) in [6.07, 6.45) is -0.499. The fourth-order valence-electron chi connectivity index (χ4n) is 5.19. The van der Waals surface area contributed by atoms with Gasteiger partial charge in [0.25, 0.3) is 0 Å². The SMILES string of the molecule is CC(C)C(=O)OCOC(=O)c1cccc(NC(=O)[C@@H]2C[C@H](SC3=C(C(=O)[O-])N4C(=O)[C@H]([C@@H](C)O)[C@H]4[C@H]3C)CN2)c1.[Na+]. The Bertz CT molecular complexity index is 1250. The first-order valence-corrected chi connectivity index (χ1v) is 13.9. The van der Waals surface area contributed by atoms with Gasteiger partial charge >= 0.3 is 41.5 Å². The zero-order valence-corrected chi connectivity index (χ0v) is 26.4. The van der Waals surface area contributed by atoms with Crippen LogP contribution in [0, 0.1) is 17.8 Å². The first kappa shape index (κ1) is 33.1. The number of hydrogen-bond acceptors (Lipinski definition) is 11. The van der Waals surface area contributed by atoms with Crippen LogP contribution in [0.25, 0.3) is 0 Å². The first-order valence-electron chi connectivity index (χ1n) is 13.0. The number of thioether (sulfide) groups is 1. The second-order valence-electron chi connectivity index (χ2n) is 10.4. The number of nitrogens with zero attached hydrogens (tertiary/aromatic N) is 1. The van der Waals surface area contributed by atoms with Crippen LogP contribution in [0.2, 0.25) is 0 Å². The van der Waals surface area contributed by atoms with Crippen LogP contribution in [0.15, 0.2) is 34.9 Å². The van der Waals surface area contributed by atoms with Crippen LogP contribution >= 0.6 is 11.8 Å². The molecule has 14 heteroatoms. The molecule has 1 aromatic carbocycles. The second kappa shape index (κ2) is 13.7. The number of aliphatic hydroxyl groups is 1. The number of benzene rings is 1. The molecule has 6 atom stereocenters. The summed E-state index contributed by atoms with van der Waals surface area (Å²) in [7, 11) is 0. The standard InChI is InChI=1S/C27H33N3O9S.Na/c1-12(2)26(36)38-11-39-27(37)15-6-5-7-16(8-15)29-23(32)18-9-17(10-28-18)40-22-13(3)20-19(14(4)31)24(33)30(20)21(22)25(34)35;/h5-8,12-14,17-20,28,31H,9-11H2,1-4H3,(H,29,32)(H,34,35);/q;+1/p-1/t13-,14-,17+,18+,19-,20-;/m1./s1. The van der Waals surface area contributed by atoms with Crippen molar-refractivity contribution in [2.75, 3.05) is 18.7 Å². The van der Waals surface area contributed by atoms with Gasteiger partial charge in [-0.05, 0) is 31.5 Å². The van der Waals surface area contributed by atoms with E-state index < -0.39 is 54.7 Å². The van der Waals surface area contributed by atoms with Gasteiger partial charge in [0.2, 0.25) is 18.6 Å². The van der Waals surface area contributed by atoms with Crippen LogP contribution in [-0.4, -0.2) is 76.5 Å². The minimum absolute atomic E-state index is 0. The zero-order valence-electron chi connectivity index (χ0n) is 23.5. The maximum Gasteiger partial charge on any atom is 1.00 e. The number of hydrogen-bond donors (Lipinski definition) is 3. The molecule has 12 nitrogen and oxygen atoms in total. The summed E-state index contributed by atoms with van der Waals surface area (Å²) in [5.41, 5.74) is 0.382. The normalized spacial score (nSPS) is 25.7. The molecule has 41 heavy (non-hydrogen) atoms. The summed E-state index contributed by atoms with van der Waals surface area (Å²) in [5.74, 6) is -4.71. The monoisotopic (exact) mass is 597 g/mol. The molecular formula is C27H32N3NaO9S. The number of aliphatic hydroxyl groups excluding tert-OH is 1. The van der Waals surface area contributed by atoms with Gasteiger partial charge in [-0.25, -0.2) is 4.79 Å². The van der Waals surface area contributed by atoms with Crippen molar-refractivity contribution in [1.82, 2.24) is 10.2 Å². The summed E-state index contributed by atoms with van der Waals surface area (Å²) >= 11 is 1.31. The Kier molecular flexibility index (Phi) is 11.1. The van der Waals surface area contributed by atoms with Crippen molar-refractivity contribution in [3.63, 3.8) is 0 Å². The van der Waals surface area contributed by atoms with Gasteiger partial charge in [0.15, 0.2) is 0 Å². The molecule has 0 aliphatic carbocycles. The quantitative estimate of drug-likeness (QED) is 0.110. The van der Waals surface area contributed by atoms with Crippen LogP contribution < -0.4 is 45.3 Å². The summed E-state index contributed by atoms with van der Waals surface area (Å²) in [6.45, 7) is 6.58.